The topological polar surface area (TPSA) is 74.6 Å². The second kappa shape index (κ2) is 2.70. The van der Waals surface area contributed by atoms with Crippen molar-refractivity contribution < 1.29 is 18.7 Å². The second-order valence-electron chi connectivity index (χ2n) is 0.860. The summed E-state index contributed by atoms with van der Waals surface area (Å²) in [6, 6.07) is 0. The summed E-state index contributed by atoms with van der Waals surface area (Å²) in [6.45, 7) is 0. The molecule has 0 fully saturated rings. The lowest BCUT2D eigenvalue weighted by molar-refractivity contribution is -0.134. The minimum Gasteiger partial charge on any atom is -0.480 e. The second-order valence-corrected chi connectivity index (χ2v) is 1.79. The number of carbonyl (C=O) groups is 1. The summed E-state index contributed by atoms with van der Waals surface area (Å²) in [4.78, 5) is 9.46. The van der Waals surface area contributed by atoms with Crippen molar-refractivity contribution in [1.82, 2.24) is 0 Å². The number of aliphatic carboxylic acids is 1. The Morgan fingerprint density at radius 1 is 1.71 bits per heavy atom. The van der Waals surface area contributed by atoms with Gasteiger partial charge < -0.3 is 9.66 Å². The lowest BCUT2D eigenvalue weighted by Crippen LogP contribution is -2.06. The summed E-state index contributed by atoms with van der Waals surface area (Å²) in [6.07, 6.45) is 0. The van der Waals surface area contributed by atoms with Gasteiger partial charge in [0.2, 0.25) is 0 Å². The Hall–Kier alpha value is -0.420. The van der Waals surface area contributed by atoms with Crippen LogP contribution in [0, 0.1) is 0 Å². The van der Waals surface area contributed by atoms with Gasteiger partial charge in [-0.1, -0.05) is 0 Å². The number of hydrogen-bond acceptors (Lipinski definition) is 2. The molecule has 0 amide bonds. The fraction of sp³-hybridized carbons (Fsp3) is 0.500. The highest BCUT2D eigenvalue weighted by Gasteiger charge is 1.98. The molecular weight excluding hydrogens is 120 g/mol. The first-order valence-electron chi connectivity index (χ1n) is 1.42. The zero-order valence-corrected chi connectivity index (χ0v) is 4.14. The lowest BCUT2D eigenvalue weighted by Gasteiger charge is -1.81. The van der Waals surface area contributed by atoms with Gasteiger partial charge in [0, 0.05) is 0 Å². The third kappa shape index (κ3) is 5.58. The van der Waals surface area contributed by atoms with Crippen molar-refractivity contribution in [2.24, 2.45) is 0 Å². The molecule has 5 heteroatoms. The normalized spacial score (nSPS) is 13.3. The Labute approximate surface area is 42.4 Å². The van der Waals surface area contributed by atoms with Gasteiger partial charge in [-0.05, 0) is 0 Å². The van der Waals surface area contributed by atoms with E-state index in [0.29, 0.717) is 0 Å². The van der Waals surface area contributed by atoms with Crippen molar-refractivity contribution in [2.75, 3.05) is 5.75 Å². The molecule has 2 N–H and O–H groups in total. The van der Waals surface area contributed by atoms with Crippen LogP contribution in [0.15, 0.2) is 0 Å². The van der Waals surface area contributed by atoms with Crippen molar-refractivity contribution in [3.63, 3.8) is 0 Å². The molecule has 0 aliphatic heterocycles. The molecule has 0 aromatic rings. The van der Waals surface area contributed by atoms with Gasteiger partial charge in [-0.15, -0.1) is 0 Å². The van der Waals surface area contributed by atoms with E-state index in [2.05, 4.69) is 0 Å². The largest absolute Gasteiger partial charge is 0.480 e. The molecular formula is C2H4O4S. The van der Waals surface area contributed by atoms with E-state index < -0.39 is 22.8 Å². The molecule has 0 radical (unpaired) electrons. The van der Waals surface area contributed by atoms with Gasteiger partial charge in [0.05, 0.1) is 0 Å². The zero-order chi connectivity index (χ0) is 5.86. The first-order valence-corrected chi connectivity index (χ1v) is 2.70. The van der Waals surface area contributed by atoms with Crippen LogP contribution in [0.5, 0.6) is 0 Å². The van der Waals surface area contributed by atoms with Crippen molar-refractivity contribution in [1.29, 1.82) is 0 Å². The van der Waals surface area contributed by atoms with Crippen LogP contribution < -0.4 is 0 Å². The van der Waals surface area contributed by atoms with E-state index in [0.717, 1.165) is 0 Å². The van der Waals surface area contributed by atoms with Gasteiger partial charge in [0.1, 0.15) is 5.75 Å². The third-order valence-corrected chi connectivity index (χ3v) is 0.741. The molecule has 0 aliphatic rings. The molecule has 0 heterocycles. The molecule has 7 heavy (non-hydrogen) atoms. The number of hydrogen-bond donors (Lipinski definition) is 2. The van der Waals surface area contributed by atoms with Crippen molar-refractivity contribution in [2.45, 2.75) is 0 Å². The fourth-order valence-corrected chi connectivity index (χ4v) is 0.317. The van der Waals surface area contributed by atoms with Crippen molar-refractivity contribution in [3.05, 3.63) is 0 Å². The van der Waals surface area contributed by atoms with Gasteiger partial charge in [0.15, 0.2) is 11.1 Å². The van der Waals surface area contributed by atoms with Gasteiger partial charge in [-0.25, -0.2) is 4.21 Å². The van der Waals surface area contributed by atoms with Crippen LogP contribution in [0.25, 0.3) is 0 Å². The Morgan fingerprint density at radius 3 is 2.14 bits per heavy atom. The van der Waals surface area contributed by atoms with Crippen LogP contribution in [0.1, 0.15) is 0 Å². The highest BCUT2D eigenvalue weighted by atomic mass is 32.2. The van der Waals surface area contributed by atoms with Gasteiger partial charge >= 0.3 is 5.97 Å². The van der Waals surface area contributed by atoms with Crippen molar-refractivity contribution >= 4 is 17.0 Å². The molecule has 0 rings (SSSR count). The Bertz CT molecular complexity index is 85.9. The summed E-state index contributed by atoms with van der Waals surface area (Å²) in [5.74, 6) is -1.96. The molecule has 0 aliphatic carbocycles. The Kier molecular flexibility index (Phi) is 2.54. The fourth-order valence-electron chi connectivity index (χ4n) is 0.106. The van der Waals surface area contributed by atoms with Crippen LogP contribution in [0.3, 0.4) is 0 Å². The maximum atomic E-state index is 9.54. The van der Waals surface area contributed by atoms with E-state index in [1.54, 1.807) is 0 Å². The molecule has 0 aromatic heterocycles. The zero-order valence-electron chi connectivity index (χ0n) is 3.33. The monoisotopic (exact) mass is 124 g/mol. The standard InChI is InChI=1S/C2H4O4S/c3-2(4)1-7(5)6/h1H2,(H,3,4)(H,5,6). The summed E-state index contributed by atoms with van der Waals surface area (Å²) in [5, 5.41) is 7.73. The molecule has 42 valence electrons. The van der Waals surface area contributed by atoms with Gasteiger partial charge in [-0.2, -0.15) is 0 Å². The van der Waals surface area contributed by atoms with Crippen LogP contribution >= 0.6 is 0 Å². The Morgan fingerprint density at radius 2 is 2.14 bits per heavy atom. The summed E-state index contributed by atoms with van der Waals surface area (Å²) < 4.78 is 17.4. The highest BCUT2D eigenvalue weighted by Crippen LogP contribution is 1.70. The smallest absolute Gasteiger partial charge is 0.318 e. The van der Waals surface area contributed by atoms with Crippen LogP contribution in [0.2, 0.25) is 0 Å². The maximum absolute atomic E-state index is 9.54. The molecule has 0 bridgehead atoms. The first-order chi connectivity index (χ1) is 3.13. The summed E-state index contributed by atoms with van der Waals surface area (Å²) in [5.41, 5.74) is 0. The predicted molar refractivity (Wildman–Crippen MR) is 23.3 cm³/mol. The van der Waals surface area contributed by atoms with E-state index in [-0.39, 0.29) is 0 Å². The third-order valence-electron chi connectivity index (χ3n) is 0.247. The molecule has 0 saturated heterocycles. The van der Waals surface area contributed by atoms with E-state index in [1.165, 1.54) is 0 Å². The lowest BCUT2D eigenvalue weighted by atomic mass is 10.8. The molecule has 0 spiro atoms. The van der Waals surface area contributed by atoms with Gasteiger partial charge in [0.25, 0.3) is 0 Å². The van der Waals surface area contributed by atoms with E-state index in [4.69, 9.17) is 9.66 Å². The molecule has 0 saturated carbocycles. The minimum absolute atomic E-state index is 0.694. The average molecular weight is 124 g/mol. The van der Waals surface area contributed by atoms with Crippen LogP contribution in [-0.2, 0) is 15.9 Å². The predicted octanol–water partition coefficient (Wildman–Crippen LogP) is -0.707. The summed E-state index contributed by atoms with van der Waals surface area (Å²) >= 11 is -2.20. The van der Waals surface area contributed by atoms with E-state index in [1.807, 2.05) is 0 Å². The summed E-state index contributed by atoms with van der Waals surface area (Å²) in [7, 11) is 0. The molecule has 4 nitrogen and oxygen atoms in total. The highest BCUT2D eigenvalue weighted by molar-refractivity contribution is 7.79. The number of carboxylic acid groups (broad SMARTS) is 1. The van der Waals surface area contributed by atoms with Gasteiger partial charge in [-0.3, -0.25) is 4.79 Å². The van der Waals surface area contributed by atoms with Crippen molar-refractivity contribution in [3.8, 4) is 0 Å². The Balaban J connectivity index is 3.32. The van der Waals surface area contributed by atoms with E-state index in [9.17, 15) is 9.00 Å². The quantitative estimate of drug-likeness (QED) is 0.477. The average Bonchev–Trinajstić information content (AvgIpc) is 1.27. The number of carboxylic acids is 1. The number of rotatable bonds is 2. The van der Waals surface area contributed by atoms with Crippen LogP contribution in [0.4, 0.5) is 0 Å². The minimum atomic E-state index is -2.20. The molecule has 1 atom stereocenters. The maximum Gasteiger partial charge on any atom is 0.318 e. The van der Waals surface area contributed by atoms with Crippen LogP contribution in [-0.4, -0.2) is 25.6 Å². The molecule has 1 unspecified atom stereocenters. The molecule has 0 aromatic carbocycles. The van der Waals surface area contributed by atoms with E-state index >= 15 is 0 Å². The first kappa shape index (κ1) is 6.58. The SMILES string of the molecule is O=C(O)CS(=O)O.